The van der Waals surface area contributed by atoms with Crippen molar-refractivity contribution in [2.75, 3.05) is 7.11 Å². The molecule has 2 unspecified atom stereocenters. The lowest BCUT2D eigenvalue weighted by atomic mass is 9.58. The highest BCUT2D eigenvalue weighted by atomic mass is 16.5. The predicted molar refractivity (Wildman–Crippen MR) is 57.5 cm³/mol. The van der Waals surface area contributed by atoms with Gasteiger partial charge < -0.3 is 4.74 Å². The molecule has 0 amide bonds. The van der Waals surface area contributed by atoms with Gasteiger partial charge in [0.1, 0.15) is 0 Å². The maximum atomic E-state index is 12.0. The minimum atomic E-state index is 0.0732. The lowest BCUT2D eigenvalue weighted by Crippen LogP contribution is -2.44. The third-order valence-electron chi connectivity index (χ3n) is 7.19. The van der Waals surface area contributed by atoms with E-state index in [4.69, 9.17) is 4.74 Å². The molecule has 0 heterocycles. The van der Waals surface area contributed by atoms with Crippen LogP contribution in [0.25, 0.3) is 0 Å². The Kier molecular flexibility index (Phi) is 1.05. The van der Waals surface area contributed by atoms with E-state index in [1.807, 2.05) is 0 Å². The first-order chi connectivity index (χ1) is 7.80. The van der Waals surface area contributed by atoms with Gasteiger partial charge >= 0.3 is 5.97 Å². The highest BCUT2D eigenvalue weighted by Crippen LogP contribution is 3.20. The van der Waals surface area contributed by atoms with E-state index in [0.29, 0.717) is 10.8 Å². The van der Waals surface area contributed by atoms with Gasteiger partial charge in [0, 0.05) is 0 Å². The number of carbonyl (C=O) groups is 1. The second kappa shape index (κ2) is 1.97. The van der Waals surface area contributed by atoms with Gasteiger partial charge in [-0.15, -0.1) is 0 Å². The molecule has 0 saturated heterocycles. The molecule has 2 nitrogen and oxygen atoms in total. The van der Waals surface area contributed by atoms with Gasteiger partial charge in [-0.1, -0.05) is 25.7 Å². The summed E-state index contributed by atoms with van der Waals surface area (Å²) in [6.45, 7) is 0. The van der Waals surface area contributed by atoms with Gasteiger partial charge in [-0.3, -0.25) is 4.79 Å². The zero-order valence-electron chi connectivity index (χ0n) is 9.79. The number of hydrogen-bond acceptors (Lipinski definition) is 2. The van der Waals surface area contributed by atoms with Crippen molar-refractivity contribution in [3.8, 4) is 0 Å². The molecule has 86 valence electrons. The molecule has 0 bridgehead atoms. The largest absolute Gasteiger partial charge is 0.469 e. The maximum absolute atomic E-state index is 12.0. The van der Waals surface area contributed by atoms with E-state index in [1.54, 1.807) is 7.11 Å². The van der Waals surface area contributed by atoms with Crippen LogP contribution in [0.4, 0.5) is 0 Å². The summed E-state index contributed by atoms with van der Waals surface area (Å²) in [5.41, 5.74) is 1.22. The van der Waals surface area contributed by atoms with Gasteiger partial charge in [0.05, 0.1) is 12.5 Å². The van der Waals surface area contributed by atoms with Crippen LogP contribution in [0.15, 0.2) is 0 Å². The number of methoxy groups -OCH3 is 1. The molecule has 6 aliphatic rings. The van der Waals surface area contributed by atoms with Crippen LogP contribution >= 0.6 is 0 Å². The second-order valence-corrected chi connectivity index (χ2v) is 6.77. The predicted octanol–water partition coefficient (Wildman–Crippen LogP) is 2.38. The third kappa shape index (κ3) is 0.422. The summed E-state index contributed by atoms with van der Waals surface area (Å²) in [6, 6.07) is 0. The molecule has 2 heteroatoms. The highest BCUT2D eigenvalue weighted by molar-refractivity contribution is 5.94. The quantitative estimate of drug-likeness (QED) is 0.632. The molecule has 0 radical (unpaired) electrons. The summed E-state index contributed by atoms with van der Waals surface area (Å²) in [4.78, 5) is 12.0. The van der Waals surface area contributed by atoms with Crippen molar-refractivity contribution >= 4 is 5.97 Å². The Labute approximate surface area is 95.7 Å². The van der Waals surface area contributed by atoms with Gasteiger partial charge in [-0.05, 0) is 41.4 Å². The van der Waals surface area contributed by atoms with Crippen LogP contribution in [0.2, 0.25) is 0 Å². The standard InChI is InChI=1S/C14H18O2/c1-16-11(15)14-9-8-10(14)13(14)7-5-3-2-4-6-12(8,9)13/h8-10H,2-7H2,1H3/t8-,9+,10-,12?,13?,14+/m0/s1. The molecule has 6 aliphatic carbocycles. The molecule has 6 fully saturated rings. The van der Waals surface area contributed by atoms with Crippen molar-refractivity contribution in [3.05, 3.63) is 0 Å². The fraction of sp³-hybridized carbons (Fsp3) is 0.929. The van der Waals surface area contributed by atoms with Crippen molar-refractivity contribution in [3.63, 3.8) is 0 Å². The number of esters is 1. The van der Waals surface area contributed by atoms with E-state index in [1.165, 1.54) is 38.5 Å². The molecule has 0 aromatic carbocycles. The van der Waals surface area contributed by atoms with Crippen LogP contribution in [-0.2, 0) is 9.53 Å². The molecule has 6 atom stereocenters. The van der Waals surface area contributed by atoms with Gasteiger partial charge in [0.15, 0.2) is 0 Å². The summed E-state index contributed by atoms with van der Waals surface area (Å²) >= 11 is 0. The molecular formula is C14H18O2. The minimum absolute atomic E-state index is 0.0732. The van der Waals surface area contributed by atoms with Crippen LogP contribution < -0.4 is 0 Å². The molecule has 6 rings (SSSR count). The van der Waals surface area contributed by atoms with Crippen LogP contribution in [0.1, 0.15) is 38.5 Å². The molecule has 0 aromatic rings. The van der Waals surface area contributed by atoms with Crippen molar-refractivity contribution in [2.45, 2.75) is 38.5 Å². The van der Waals surface area contributed by atoms with Crippen LogP contribution in [-0.4, -0.2) is 13.1 Å². The molecule has 0 aromatic heterocycles. The van der Waals surface area contributed by atoms with Gasteiger partial charge in [-0.2, -0.15) is 0 Å². The lowest BCUT2D eigenvalue weighted by molar-refractivity contribution is -0.157. The van der Waals surface area contributed by atoms with E-state index in [9.17, 15) is 4.79 Å². The zero-order chi connectivity index (χ0) is 10.8. The Balaban J connectivity index is 1.56. The molecule has 6 saturated carbocycles. The number of ether oxygens (including phenoxy) is 1. The zero-order valence-corrected chi connectivity index (χ0v) is 9.79. The van der Waals surface area contributed by atoms with E-state index < -0.39 is 0 Å². The average Bonchev–Trinajstić information content (AvgIpc) is 2.86. The SMILES string of the molecule is COC(=O)[C@@]12[C@@H]3[C@H]4[C@H]1C21CCCCCCC431. The third-order valence-corrected chi connectivity index (χ3v) is 7.19. The van der Waals surface area contributed by atoms with E-state index >= 15 is 0 Å². The maximum Gasteiger partial charge on any atom is 0.313 e. The first-order valence-corrected chi connectivity index (χ1v) is 6.88. The normalized spacial score (nSPS) is 67.2. The monoisotopic (exact) mass is 218 g/mol. The van der Waals surface area contributed by atoms with Crippen molar-refractivity contribution in [1.82, 2.24) is 0 Å². The number of hydrogen-bond donors (Lipinski definition) is 0. The Bertz CT molecular complexity index is 422. The van der Waals surface area contributed by atoms with Crippen molar-refractivity contribution in [1.29, 1.82) is 0 Å². The minimum Gasteiger partial charge on any atom is -0.469 e. The smallest absolute Gasteiger partial charge is 0.313 e. The Morgan fingerprint density at radius 3 is 2.62 bits per heavy atom. The summed E-state index contributed by atoms with van der Waals surface area (Å²) in [5, 5.41) is 0. The summed E-state index contributed by atoms with van der Waals surface area (Å²) in [5.74, 6) is 2.66. The number of rotatable bonds is 1. The fourth-order valence-corrected chi connectivity index (χ4v) is 7.18. The number of carbonyl (C=O) groups excluding carboxylic acids is 1. The molecule has 2 spiro atoms. The Morgan fingerprint density at radius 1 is 1.12 bits per heavy atom. The van der Waals surface area contributed by atoms with Crippen LogP contribution in [0.3, 0.4) is 0 Å². The van der Waals surface area contributed by atoms with Gasteiger partial charge in [0.25, 0.3) is 0 Å². The van der Waals surface area contributed by atoms with E-state index in [2.05, 4.69) is 0 Å². The summed E-state index contributed by atoms with van der Waals surface area (Å²) < 4.78 is 5.09. The first-order valence-electron chi connectivity index (χ1n) is 6.88. The molecule has 16 heavy (non-hydrogen) atoms. The summed E-state index contributed by atoms with van der Waals surface area (Å²) in [7, 11) is 1.58. The second-order valence-electron chi connectivity index (χ2n) is 6.77. The molecule has 0 aliphatic heterocycles. The Hall–Kier alpha value is -0.530. The van der Waals surface area contributed by atoms with E-state index in [0.717, 1.165) is 17.8 Å². The van der Waals surface area contributed by atoms with Crippen LogP contribution in [0, 0.1) is 34.0 Å². The van der Waals surface area contributed by atoms with Crippen LogP contribution in [0.5, 0.6) is 0 Å². The molecule has 0 N–H and O–H groups in total. The van der Waals surface area contributed by atoms with Crippen molar-refractivity contribution in [2.24, 2.45) is 34.0 Å². The van der Waals surface area contributed by atoms with Crippen molar-refractivity contribution < 1.29 is 9.53 Å². The Morgan fingerprint density at radius 2 is 1.88 bits per heavy atom. The first kappa shape index (κ1) is 8.54. The molecular weight excluding hydrogens is 200 g/mol. The van der Waals surface area contributed by atoms with Gasteiger partial charge in [0.2, 0.25) is 0 Å². The highest BCUT2D eigenvalue weighted by Gasteiger charge is 3.20. The summed E-state index contributed by atoms with van der Waals surface area (Å²) in [6.07, 6.45) is 8.34. The average molecular weight is 218 g/mol. The van der Waals surface area contributed by atoms with E-state index in [-0.39, 0.29) is 11.4 Å². The lowest BCUT2D eigenvalue weighted by Gasteiger charge is -2.44. The fourth-order valence-electron chi connectivity index (χ4n) is 7.18. The topological polar surface area (TPSA) is 26.3 Å². The van der Waals surface area contributed by atoms with Gasteiger partial charge in [-0.25, -0.2) is 0 Å².